The highest BCUT2D eigenvalue weighted by atomic mass is 16.5. The van der Waals surface area contributed by atoms with Gasteiger partial charge in [-0.1, -0.05) is 18.2 Å². The lowest BCUT2D eigenvalue weighted by Crippen LogP contribution is -2.46. The molecule has 3 aromatic heterocycles. The molecule has 1 fully saturated rings. The fourth-order valence-electron chi connectivity index (χ4n) is 4.40. The molecule has 0 aliphatic carbocycles. The largest absolute Gasteiger partial charge is 0.368 e. The highest BCUT2D eigenvalue weighted by Crippen LogP contribution is 2.28. The van der Waals surface area contributed by atoms with E-state index in [1.165, 1.54) is 11.3 Å². The van der Waals surface area contributed by atoms with Crippen molar-refractivity contribution < 1.29 is 10.0 Å². The smallest absolute Gasteiger partial charge is 0.274 e. The second-order valence-electron chi connectivity index (χ2n) is 8.27. The van der Waals surface area contributed by atoms with E-state index in [1.807, 2.05) is 36.8 Å². The van der Waals surface area contributed by atoms with Crippen molar-refractivity contribution in [1.29, 1.82) is 0 Å². The van der Waals surface area contributed by atoms with Crippen LogP contribution in [-0.4, -0.2) is 56.7 Å². The molecule has 1 aliphatic rings. The van der Waals surface area contributed by atoms with E-state index < -0.39 is 5.91 Å². The van der Waals surface area contributed by atoms with Gasteiger partial charge in [-0.2, -0.15) is 0 Å². The molecule has 0 bridgehead atoms. The lowest BCUT2D eigenvalue weighted by molar-refractivity contribution is 0.0706. The van der Waals surface area contributed by atoms with Crippen molar-refractivity contribution in [2.75, 3.05) is 31.1 Å². The molecule has 8 nitrogen and oxygen atoms in total. The number of nitrogens with one attached hydrogen (secondary N) is 1. The van der Waals surface area contributed by atoms with Crippen molar-refractivity contribution in [2.24, 2.45) is 0 Å². The molecule has 0 radical (unpaired) electrons. The third-order valence-corrected chi connectivity index (χ3v) is 6.15. The predicted molar refractivity (Wildman–Crippen MR) is 126 cm³/mol. The number of hydroxylamine groups is 1. The van der Waals surface area contributed by atoms with E-state index in [-0.39, 0.29) is 0 Å². The van der Waals surface area contributed by atoms with Gasteiger partial charge in [-0.25, -0.2) is 10.5 Å². The van der Waals surface area contributed by atoms with E-state index >= 15 is 0 Å². The summed E-state index contributed by atoms with van der Waals surface area (Å²) < 4.78 is 2.12. The van der Waals surface area contributed by atoms with Crippen LogP contribution in [0.1, 0.15) is 21.5 Å². The summed E-state index contributed by atoms with van der Waals surface area (Å²) in [6.07, 6.45) is 7.70. The van der Waals surface area contributed by atoms with Crippen molar-refractivity contribution in [3.05, 3.63) is 90.0 Å². The van der Waals surface area contributed by atoms with Crippen LogP contribution in [0.2, 0.25) is 0 Å². The number of hydrogen-bond acceptors (Lipinski definition) is 6. The molecule has 0 spiro atoms. The van der Waals surface area contributed by atoms with Crippen LogP contribution in [-0.2, 0) is 13.1 Å². The Kier molecular flexibility index (Phi) is 6.01. The maximum atomic E-state index is 11.5. The summed E-state index contributed by atoms with van der Waals surface area (Å²) in [5.74, 6) is -0.514. The van der Waals surface area contributed by atoms with Gasteiger partial charge in [0.25, 0.3) is 5.91 Å². The molecule has 4 aromatic rings. The van der Waals surface area contributed by atoms with Gasteiger partial charge in [0, 0.05) is 80.7 Å². The molecule has 1 amide bonds. The van der Waals surface area contributed by atoms with Gasteiger partial charge < -0.3 is 9.47 Å². The lowest BCUT2D eigenvalue weighted by atomic mass is 10.1. The van der Waals surface area contributed by atoms with Gasteiger partial charge >= 0.3 is 0 Å². The standard InChI is InChI=1S/C25H26N6O2/c32-25(28-33)21-5-3-19(4-6-21)18-31-11-8-22-23(7-10-27-24(22)31)30-14-12-29(13-15-30)17-20-2-1-9-26-16-20/h1-11,16,33H,12-15,17-18H2,(H,28,32). The van der Waals surface area contributed by atoms with Gasteiger partial charge in [-0.3, -0.25) is 19.9 Å². The quantitative estimate of drug-likeness (QED) is 0.353. The first kappa shape index (κ1) is 21.1. The summed E-state index contributed by atoms with van der Waals surface area (Å²) in [5.41, 5.74) is 6.54. The Morgan fingerprint density at radius 2 is 1.76 bits per heavy atom. The lowest BCUT2D eigenvalue weighted by Gasteiger charge is -2.36. The van der Waals surface area contributed by atoms with E-state index in [9.17, 15) is 4.79 Å². The molecule has 2 N–H and O–H groups in total. The number of rotatable bonds is 6. The van der Waals surface area contributed by atoms with Crippen LogP contribution in [0.5, 0.6) is 0 Å². The zero-order valence-electron chi connectivity index (χ0n) is 18.3. The summed E-state index contributed by atoms with van der Waals surface area (Å²) >= 11 is 0. The number of nitrogens with zero attached hydrogens (tertiary/aromatic N) is 5. The van der Waals surface area contributed by atoms with Crippen molar-refractivity contribution in [3.63, 3.8) is 0 Å². The molecule has 0 unspecified atom stereocenters. The molecule has 33 heavy (non-hydrogen) atoms. The van der Waals surface area contributed by atoms with Gasteiger partial charge in [-0.05, 0) is 41.5 Å². The number of amides is 1. The van der Waals surface area contributed by atoms with E-state index in [0.717, 1.165) is 49.3 Å². The number of piperazine rings is 1. The highest BCUT2D eigenvalue weighted by Gasteiger charge is 2.20. The fraction of sp³-hybridized carbons (Fsp3) is 0.240. The predicted octanol–water partition coefficient (Wildman–Crippen LogP) is 2.92. The average Bonchev–Trinajstić information content (AvgIpc) is 3.28. The average molecular weight is 443 g/mol. The van der Waals surface area contributed by atoms with E-state index in [4.69, 9.17) is 5.21 Å². The molecular formula is C25H26N6O2. The summed E-state index contributed by atoms with van der Waals surface area (Å²) in [4.78, 5) is 25.3. The van der Waals surface area contributed by atoms with Gasteiger partial charge in [0.05, 0.1) is 0 Å². The summed E-state index contributed by atoms with van der Waals surface area (Å²) in [7, 11) is 0. The van der Waals surface area contributed by atoms with E-state index in [0.29, 0.717) is 12.1 Å². The molecule has 5 rings (SSSR count). The normalized spacial score (nSPS) is 14.5. The number of anilines is 1. The third kappa shape index (κ3) is 4.57. The Bertz CT molecular complexity index is 1230. The van der Waals surface area contributed by atoms with Crippen LogP contribution < -0.4 is 10.4 Å². The summed E-state index contributed by atoms with van der Waals surface area (Å²) in [6, 6.07) is 15.5. The molecule has 0 saturated carbocycles. The van der Waals surface area contributed by atoms with E-state index in [1.54, 1.807) is 17.6 Å². The topological polar surface area (TPSA) is 86.5 Å². The Labute approximate surface area is 192 Å². The monoisotopic (exact) mass is 442 g/mol. The molecule has 1 aliphatic heterocycles. The molecular weight excluding hydrogens is 416 g/mol. The van der Waals surface area contributed by atoms with Crippen LogP contribution in [0.3, 0.4) is 0 Å². The van der Waals surface area contributed by atoms with Crippen molar-refractivity contribution in [2.45, 2.75) is 13.1 Å². The molecule has 8 heteroatoms. The van der Waals surface area contributed by atoms with Crippen molar-refractivity contribution in [1.82, 2.24) is 24.9 Å². The number of fused-ring (bicyclic) bond motifs is 1. The Hall–Kier alpha value is -3.75. The first-order valence-corrected chi connectivity index (χ1v) is 11.0. The Morgan fingerprint density at radius 3 is 2.48 bits per heavy atom. The first-order valence-electron chi connectivity index (χ1n) is 11.0. The maximum absolute atomic E-state index is 11.5. The van der Waals surface area contributed by atoms with Crippen LogP contribution >= 0.6 is 0 Å². The SMILES string of the molecule is O=C(NO)c1ccc(Cn2ccc3c(N4CCN(Cc5cccnc5)CC4)ccnc32)cc1. The summed E-state index contributed by atoms with van der Waals surface area (Å²) in [5, 5.41) is 9.92. The zero-order valence-corrected chi connectivity index (χ0v) is 18.3. The maximum Gasteiger partial charge on any atom is 0.274 e. The van der Waals surface area contributed by atoms with Crippen molar-refractivity contribution in [3.8, 4) is 0 Å². The second kappa shape index (κ2) is 9.40. The molecule has 168 valence electrons. The minimum Gasteiger partial charge on any atom is -0.368 e. The van der Waals surface area contributed by atoms with Crippen LogP contribution in [0.25, 0.3) is 11.0 Å². The van der Waals surface area contributed by atoms with E-state index in [2.05, 4.69) is 48.7 Å². The number of carbonyl (C=O) groups is 1. The molecule has 0 atom stereocenters. The molecule has 4 heterocycles. The number of carbonyl (C=O) groups excluding carboxylic acids is 1. The van der Waals surface area contributed by atoms with Crippen LogP contribution in [0.4, 0.5) is 5.69 Å². The highest BCUT2D eigenvalue weighted by molar-refractivity contribution is 5.93. The minimum absolute atomic E-state index is 0.418. The van der Waals surface area contributed by atoms with Gasteiger partial charge in [0.2, 0.25) is 0 Å². The third-order valence-electron chi connectivity index (χ3n) is 6.15. The van der Waals surface area contributed by atoms with Crippen LogP contribution in [0.15, 0.2) is 73.3 Å². The molecule has 1 saturated heterocycles. The van der Waals surface area contributed by atoms with Crippen LogP contribution in [0, 0.1) is 0 Å². The number of hydrogen-bond donors (Lipinski definition) is 2. The second-order valence-corrected chi connectivity index (χ2v) is 8.27. The number of aromatic nitrogens is 3. The van der Waals surface area contributed by atoms with Gasteiger partial charge in [0.15, 0.2) is 0 Å². The zero-order chi connectivity index (χ0) is 22.6. The van der Waals surface area contributed by atoms with Gasteiger partial charge in [0.1, 0.15) is 5.65 Å². The van der Waals surface area contributed by atoms with Crippen molar-refractivity contribution >= 4 is 22.6 Å². The summed E-state index contributed by atoms with van der Waals surface area (Å²) in [6.45, 7) is 5.54. The fourth-order valence-corrected chi connectivity index (χ4v) is 4.40. The number of benzene rings is 1. The number of pyridine rings is 2. The van der Waals surface area contributed by atoms with Gasteiger partial charge in [-0.15, -0.1) is 0 Å². The Morgan fingerprint density at radius 1 is 0.939 bits per heavy atom. The Balaban J connectivity index is 1.28. The first-order chi connectivity index (χ1) is 16.2. The minimum atomic E-state index is -0.514. The molecule has 1 aromatic carbocycles.